The first-order valence-corrected chi connectivity index (χ1v) is 6.28. The molecule has 0 spiro atoms. The van der Waals surface area contributed by atoms with Crippen molar-refractivity contribution in [2.75, 3.05) is 5.32 Å². The normalized spacial score (nSPS) is 10.3. The molecule has 0 atom stereocenters. The van der Waals surface area contributed by atoms with Gasteiger partial charge in [-0.25, -0.2) is 0 Å². The number of amides is 1. The second-order valence-electron chi connectivity index (χ2n) is 4.61. The molecule has 3 heteroatoms. The third kappa shape index (κ3) is 3.01. The molecule has 1 amide bonds. The molecule has 2 rings (SSSR count). The fourth-order valence-electron chi connectivity index (χ4n) is 1.92. The van der Waals surface area contributed by atoms with Crippen LogP contribution in [0.1, 0.15) is 27.0 Å². The number of rotatable bonds is 3. The van der Waals surface area contributed by atoms with Crippen LogP contribution >= 0.6 is 0 Å². The summed E-state index contributed by atoms with van der Waals surface area (Å²) in [4.78, 5) is 12.2. The number of hydrogen-bond donors (Lipinski definition) is 2. The zero-order chi connectivity index (χ0) is 13.8. The Labute approximate surface area is 113 Å². The minimum atomic E-state index is -0.107. The van der Waals surface area contributed by atoms with Crippen LogP contribution in [0.15, 0.2) is 42.5 Å². The highest BCUT2D eigenvalue weighted by atomic mass is 16.1. The molecule has 0 bridgehead atoms. The molecule has 2 aromatic rings. The maximum atomic E-state index is 12.2. The number of anilines is 1. The molecule has 0 unspecified atom stereocenters. The van der Waals surface area contributed by atoms with Gasteiger partial charge in [-0.05, 0) is 48.7 Å². The summed E-state index contributed by atoms with van der Waals surface area (Å²) >= 11 is 0. The molecule has 0 aliphatic carbocycles. The van der Waals surface area contributed by atoms with Crippen molar-refractivity contribution in [2.24, 2.45) is 5.73 Å². The van der Waals surface area contributed by atoms with Crippen LogP contribution < -0.4 is 11.1 Å². The van der Waals surface area contributed by atoms with Crippen LogP contribution in [0.5, 0.6) is 0 Å². The van der Waals surface area contributed by atoms with Gasteiger partial charge in [0.25, 0.3) is 5.91 Å². The summed E-state index contributed by atoms with van der Waals surface area (Å²) in [6.07, 6.45) is 0. The minimum Gasteiger partial charge on any atom is -0.326 e. The Morgan fingerprint density at radius 2 is 1.89 bits per heavy atom. The summed E-state index contributed by atoms with van der Waals surface area (Å²) in [5.41, 5.74) is 10.3. The van der Waals surface area contributed by atoms with Gasteiger partial charge in [0.1, 0.15) is 0 Å². The Morgan fingerprint density at radius 3 is 2.63 bits per heavy atom. The van der Waals surface area contributed by atoms with E-state index in [1.165, 1.54) is 0 Å². The van der Waals surface area contributed by atoms with Crippen molar-refractivity contribution >= 4 is 11.6 Å². The number of aryl methyl sites for hydroxylation is 1. The monoisotopic (exact) mass is 254 g/mol. The molecule has 98 valence electrons. The maximum absolute atomic E-state index is 12.2. The van der Waals surface area contributed by atoms with Crippen molar-refractivity contribution in [1.29, 1.82) is 0 Å². The third-order valence-corrected chi connectivity index (χ3v) is 3.28. The largest absolute Gasteiger partial charge is 0.326 e. The highest BCUT2D eigenvalue weighted by Crippen LogP contribution is 2.19. The molecule has 3 nitrogen and oxygen atoms in total. The highest BCUT2D eigenvalue weighted by Gasteiger charge is 2.08. The predicted molar refractivity (Wildman–Crippen MR) is 78.2 cm³/mol. The van der Waals surface area contributed by atoms with Gasteiger partial charge in [0.15, 0.2) is 0 Å². The van der Waals surface area contributed by atoms with Gasteiger partial charge in [-0.1, -0.05) is 24.3 Å². The van der Waals surface area contributed by atoms with Crippen LogP contribution in [0.4, 0.5) is 5.69 Å². The molecule has 0 heterocycles. The van der Waals surface area contributed by atoms with Crippen LogP contribution in [0.2, 0.25) is 0 Å². The van der Waals surface area contributed by atoms with Gasteiger partial charge < -0.3 is 11.1 Å². The van der Waals surface area contributed by atoms with E-state index in [1.54, 1.807) is 6.07 Å². The van der Waals surface area contributed by atoms with Crippen molar-refractivity contribution in [1.82, 2.24) is 0 Å². The van der Waals surface area contributed by atoms with E-state index < -0.39 is 0 Å². The van der Waals surface area contributed by atoms with E-state index in [1.807, 2.05) is 50.2 Å². The minimum absolute atomic E-state index is 0.107. The molecule has 19 heavy (non-hydrogen) atoms. The SMILES string of the molecule is Cc1cccc(NC(=O)c2cccc(CN)c2)c1C. The molecule has 0 saturated carbocycles. The average Bonchev–Trinajstić information content (AvgIpc) is 2.44. The van der Waals surface area contributed by atoms with E-state index in [4.69, 9.17) is 5.73 Å². The topological polar surface area (TPSA) is 55.1 Å². The number of hydrogen-bond acceptors (Lipinski definition) is 2. The predicted octanol–water partition coefficient (Wildman–Crippen LogP) is 3.01. The molecule has 0 aliphatic rings. The van der Waals surface area contributed by atoms with Crippen molar-refractivity contribution < 1.29 is 4.79 Å². The Bertz CT molecular complexity index is 605. The quantitative estimate of drug-likeness (QED) is 0.884. The number of carbonyl (C=O) groups excluding carboxylic acids is 1. The summed E-state index contributed by atoms with van der Waals surface area (Å²) in [5, 5.41) is 2.94. The van der Waals surface area contributed by atoms with E-state index in [0.29, 0.717) is 12.1 Å². The molecule has 3 N–H and O–H groups in total. The fourth-order valence-corrected chi connectivity index (χ4v) is 1.92. The summed E-state index contributed by atoms with van der Waals surface area (Å²) in [7, 11) is 0. The van der Waals surface area contributed by atoms with Crippen LogP contribution in [-0.2, 0) is 6.54 Å². The highest BCUT2D eigenvalue weighted by molar-refractivity contribution is 6.04. The van der Waals surface area contributed by atoms with Crippen molar-refractivity contribution in [3.05, 3.63) is 64.7 Å². The van der Waals surface area contributed by atoms with Crippen molar-refractivity contribution in [2.45, 2.75) is 20.4 Å². The first-order valence-electron chi connectivity index (χ1n) is 6.28. The number of carbonyl (C=O) groups is 1. The van der Waals surface area contributed by atoms with Gasteiger partial charge in [-0.2, -0.15) is 0 Å². The maximum Gasteiger partial charge on any atom is 0.255 e. The summed E-state index contributed by atoms with van der Waals surface area (Å²) in [5.74, 6) is -0.107. The van der Waals surface area contributed by atoms with E-state index in [2.05, 4.69) is 5.32 Å². The molecule has 0 aliphatic heterocycles. The molecular formula is C16H18N2O. The smallest absolute Gasteiger partial charge is 0.255 e. The van der Waals surface area contributed by atoms with Crippen LogP contribution in [-0.4, -0.2) is 5.91 Å². The summed E-state index contributed by atoms with van der Waals surface area (Å²) < 4.78 is 0. The van der Waals surface area contributed by atoms with Crippen LogP contribution in [0.3, 0.4) is 0 Å². The molecule has 2 aromatic carbocycles. The number of nitrogens with one attached hydrogen (secondary N) is 1. The molecule has 0 saturated heterocycles. The summed E-state index contributed by atoms with van der Waals surface area (Å²) in [6.45, 7) is 4.46. The Morgan fingerprint density at radius 1 is 1.16 bits per heavy atom. The van der Waals surface area contributed by atoms with E-state index in [9.17, 15) is 4.79 Å². The molecule has 0 radical (unpaired) electrons. The first-order chi connectivity index (χ1) is 9.11. The van der Waals surface area contributed by atoms with Gasteiger partial charge >= 0.3 is 0 Å². The summed E-state index contributed by atoms with van der Waals surface area (Å²) in [6, 6.07) is 13.2. The molecule has 0 aromatic heterocycles. The van der Waals surface area contributed by atoms with Crippen molar-refractivity contribution in [3.8, 4) is 0 Å². The second-order valence-corrected chi connectivity index (χ2v) is 4.61. The number of nitrogens with two attached hydrogens (primary N) is 1. The lowest BCUT2D eigenvalue weighted by Gasteiger charge is -2.10. The van der Waals surface area contributed by atoms with Gasteiger partial charge in [-0.3, -0.25) is 4.79 Å². The van der Waals surface area contributed by atoms with E-state index in [-0.39, 0.29) is 5.91 Å². The first kappa shape index (κ1) is 13.3. The van der Waals surface area contributed by atoms with Crippen LogP contribution in [0.25, 0.3) is 0 Å². The lowest BCUT2D eigenvalue weighted by Crippen LogP contribution is -2.13. The second kappa shape index (κ2) is 5.67. The standard InChI is InChI=1S/C16H18N2O/c1-11-5-3-8-15(12(11)2)18-16(19)14-7-4-6-13(9-14)10-17/h3-9H,10,17H2,1-2H3,(H,18,19). The number of benzene rings is 2. The van der Waals surface area contributed by atoms with Gasteiger partial charge in [0.05, 0.1) is 0 Å². The van der Waals surface area contributed by atoms with E-state index in [0.717, 1.165) is 22.4 Å². The lowest BCUT2D eigenvalue weighted by molar-refractivity contribution is 0.102. The van der Waals surface area contributed by atoms with E-state index >= 15 is 0 Å². The lowest BCUT2D eigenvalue weighted by atomic mass is 10.1. The molecular weight excluding hydrogens is 236 g/mol. The van der Waals surface area contributed by atoms with Crippen LogP contribution in [0, 0.1) is 13.8 Å². The zero-order valence-electron chi connectivity index (χ0n) is 11.2. The van der Waals surface area contributed by atoms with Crippen molar-refractivity contribution in [3.63, 3.8) is 0 Å². The fraction of sp³-hybridized carbons (Fsp3) is 0.188. The average molecular weight is 254 g/mol. The van der Waals surface area contributed by atoms with Gasteiger partial charge in [0, 0.05) is 17.8 Å². The van der Waals surface area contributed by atoms with Gasteiger partial charge in [0.2, 0.25) is 0 Å². The Kier molecular flexibility index (Phi) is 3.97. The molecule has 0 fully saturated rings. The Hall–Kier alpha value is -2.13. The zero-order valence-corrected chi connectivity index (χ0v) is 11.2. The Balaban J connectivity index is 2.23. The van der Waals surface area contributed by atoms with Gasteiger partial charge in [-0.15, -0.1) is 0 Å². The third-order valence-electron chi connectivity index (χ3n) is 3.28.